The summed E-state index contributed by atoms with van der Waals surface area (Å²) in [5, 5.41) is 22.4. The smallest absolute Gasteiger partial charge is 0.141 e. The van der Waals surface area contributed by atoms with E-state index in [9.17, 15) is 10.4 Å². The molecular weight excluding hydrogens is 360 g/mol. The van der Waals surface area contributed by atoms with Crippen LogP contribution in [0.3, 0.4) is 0 Å². The van der Waals surface area contributed by atoms with Crippen molar-refractivity contribution in [2.45, 2.75) is 18.9 Å². The van der Waals surface area contributed by atoms with Gasteiger partial charge in [-0.3, -0.25) is 0 Å². The average Bonchev–Trinajstić information content (AvgIpc) is 3.31. The summed E-state index contributed by atoms with van der Waals surface area (Å²) in [6, 6.07) is 9.39. The van der Waals surface area contributed by atoms with E-state index in [0.717, 1.165) is 17.4 Å². The SMILES string of the molecule is CC1(O)CCN(c2cccc(-c3nc(-c4nccs4)cc(N)c3C#N)n2)C1. The lowest BCUT2D eigenvalue weighted by Crippen LogP contribution is -2.30. The lowest BCUT2D eigenvalue weighted by atomic mass is 10.1. The Morgan fingerprint density at radius 2 is 2.19 bits per heavy atom. The first-order valence-electron chi connectivity index (χ1n) is 8.52. The van der Waals surface area contributed by atoms with Crippen LogP contribution in [0.5, 0.6) is 0 Å². The maximum absolute atomic E-state index is 10.2. The van der Waals surface area contributed by atoms with E-state index in [-0.39, 0.29) is 0 Å². The highest BCUT2D eigenvalue weighted by Crippen LogP contribution is 2.32. The predicted octanol–water partition coefficient (Wildman–Crippen LogP) is 2.68. The van der Waals surface area contributed by atoms with Crippen LogP contribution in [0.2, 0.25) is 0 Å². The molecule has 4 heterocycles. The molecule has 1 atom stereocenters. The van der Waals surface area contributed by atoms with Gasteiger partial charge in [0.2, 0.25) is 0 Å². The van der Waals surface area contributed by atoms with Gasteiger partial charge >= 0.3 is 0 Å². The fraction of sp³-hybridized carbons (Fsp3) is 0.263. The minimum atomic E-state index is -0.719. The summed E-state index contributed by atoms with van der Waals surface area (Å²) in [7, 11) is 0. The molecule has 8 heteroatoms. The second kappa shape index (κ2) is 6.61. The van der Waals surface area contributed by atoms with Gasteiger partial charge in [0.05, 0.1) is 17.0 Å². The molecule has 0 spiro atoms. The molecule has 3 aromatic rings. The fourth-order valence-electron chi connectivity index (χ4n) is 3.20. The molecule has 0 saturated carbocycles. The number of rotatable bonds is 3. The number of aliphatic hydroxyl groups is 1. The molecule has 3 N–H and O–H groups in total. The third kappa shape index (κ3) is 3.35. The third-order valence-corrected chi connectivity index (χ3v) is 5.36. The zero-order valence-corrected chi connectivity index (χ0v) is 15.6. The number of anilines is 2. The summed E-state index contributed by atoms with van der Waals surface area (Å²) in [6.07, 6.45) is 2.39. The van der Waals surface area contributed by atoms with Crippen molar-refractivity contribution in [2.75, 3.05) is 23.7 Å². The molecule has 4 rings (SSSR count). The van der Waals surface area contributed by atoms with Crippen molar-refractivity contribution in [1.82, 2.24) is 15.0 Å². The van der Waals surface area contributed by atoms with Gasteiger partial charge in [-0.25, -0.2) is 15.0 Å². The van der Waals surface area contributed by atoms with Crippen molar-refractivity contribution in [2.24, 2.45) is 0 Å². The minimum absolute atomic E-state index is 0.299. The Hall–Kier alpha value is -3.02. The monoisotopic (exact) mass is 378 g/mol. The second-order valence-electron chi connectivity index (χ2n) is 6.82. The van der Waals surface area contributed by atoms with Crippen molar-refractivity contribution in [3.63, 3.8) is 0 Å². The van der Waals surface area contributed by atoms with Crippen LogP contribution in [0.1, 0.15) is 18.9 Å². The van der Waals surface area contributed by atoms with Crippen molar-refractivity contribution >= 4 is 22.8 Å². The van der Waals surface area contributed by atoms with E-state index in [1.807, 2.05) is 35.4 Å². The number of aromatic nitrogens is 3. The Balaban J connectivity index is 1.79. The highest BCUT2D eigenvalue weighted by Gasteiger charge is 2.32. The number of β-amino-alcohol motifs (C(OH)–C–C–N with tert-alkyl or cyclic N) is 1. The summed E-state index contributed by atoms with van der Waals surface area (Å²) in [6.45, 7) is 3.07. The van der Waals surface area contributed by atoms with Crippen molar-refractivity contribution in [3.05, 3.63) is 41.4 Å². The number of hydrogen-bond acceptors (Lipinski definition) is 8. The second-order valence-corrected chi connectivity index (χ2v) is 7.71. The lowest BCUT2D eigenvalue weighted by molar-refractivity contribution is 0.0839. The molecule has 0 amide bonds. The number of nitriles is 1. The van der Waals surface area contributed by atoms with Gasteiger partial charge in [0.15, 0.2) is 0 Å². The summed E-state index contributed by atoms with van der Waals surface area (Å²) in [4.78, 5) is 15.6. The predicted molar refractivity (Wildman–Crippen MR) is 105 cm³/mol. The largest absolute Gasteiger partial charge is 0.398 e. The molecule has 1 aliphatic heterocycles. The first-order chi connectivity index (χ1) is 13.0. The Morgan fingerprint density at radius 3 is 2.85 bits per heavy atom. The average molecular weight is 378 g/mol. The lowest BCUT2D eigenvalue weighted by Gasteiger charge is -2.20. The van der Waals surface area contributed by atoms with Crippen molar-refractivity contribution in [1.29, 1.82) is 5.26 Å². The Morgan fingerprint density at radius 1 is 1.33 bits per heavy atom. The molecule has 27 heavy (non-hydrogen) atoms. The van der Waals surface area contributed by atoms with E-state index in [0.29, 0.717) is 41.3 Å². The van der Waals surface area contributed by atoms with E-state index in [1.54, 1.807) is 12.3 Å². The Bertz CT molecular complexity index is 1030. The molecular formula is C19H18N6OS. The van der Waals surface area contributed by atoms with Gasteiger partial charge in [0, 0.05) is 24.7 Å². The number of nitrogens with zero attached hydrogens (tertiary/aromatic N) is 5. The first-order valence-corrected chi connectivity index (χ1v) is 9.40. The van der Waals surface area contributed by atoms with E-state index in [4.69, 9.17) is 10.7 Å². The zero-order valence-electron chi connectivity index (χ0n) is 14.8. The topological polar surface area (TPSA) is 112 Å². The van der Waals surface area contributed by atoms with Crippen molar-refractivity contribution in [3.8, 4) is 28.2 Å². The first kappa shape index (κ1) is 17.4. The molecule has 1 fully saturated rings. The Labute approximate surface area is 160 Å². The molecule has 0 bridgehead atoms. The van der Waals surface area contributed by atoms with Crippen LogP contribution < -0.4 is 10.6 Å². The van der Waals surface area contributed by atoms with Crippen molar-refractivity contribution < 1.29 is 5.11 Å². The summed E-state index contributed by atoms with van der Waals surface area (Å²) in [5.74, 6) is 0.745. The summed E-state index contributed by atoms with van der Waals surface area (Å²) < 4.78 is 0. The summed E-state index contributed by atoms with van der Waals surface area (Å²) >= 11 is 1.46. The molecule has 1 aliphatic rings. The van der Waals surface area contributed by atoms with Gasteiger partial charge < -0.3 is 15.7 Å². The van der Waals surface area contributed by atoms with Gasteiger partial charge in [-0.2, -0.15) is 5.26 Å². The van der Waals surface area contributed by atoms with Gasteiger partial charge in [-0.15, -0.1) is 11.3 Å². The number of nitrogen functional groups attached to an aromatic ring is 1. The van der Waals surface area contributed by atoms with E-state index in [1.165, 1.54) is 11.3 Å². The molecule has 0 radical (unpaired) electrons. The molecule has 0 aliphatic carbocycles. The molecule has 1 unspecified atom stereocenters. The maximum atomic E-state index is 10.2. The highest BCUT2D eigenvalue weighted by molar-refractivity contribution is 7.13. The quantitative estimate of drug-likeness (QED) is 0.720. The van der Waals surface area contributed by atoms with Gasteiger partial charge in [0.25, 0.3) is 0 Å². The van der Waals surface area contributed by atoms with Crippen LogP contribution in [0.25, 0.3) is 22.1 Å². The minimum Gasteiger partial charge on any atom is -0.398 e. The van der Waals surface area contributed by atoms with E-state index < -0.39 is 5.60 Å². The molecule has 3 aromatic heterocycles. The molecule has 136 valence electrons. The summed E-state index contributed by atoms with van der Waals surface area (Å²) in [5.41, 5.74) is 7.67. The maximum Gasteiger partial charge on any atom is 0.141 e. The number of thiazole rings is 1. The molecule has 1 saturated heterocycles. The van der Waals surface area contributed by atoms with E-state index in [2.05, 4.69) is 16.0 Å². The number of nitrogens with two attached hydrogens (primary N) is 1. The van der Waals surface area contributed by atoms with Gasteiger partial charge in [-0.05, 0) is 31.5 Å². The zero-order chi connectivity index (χ0) is 19.0. The Kier molecular flexibility index (Phi) is 4.26. The number of hydrogen-bond donors (Lipinski definition) is 2. The molecule has 7 nitrogen and oxygen atoms in total. The van der Waals surface area contributed by atoms with Crippen LogP contribution in [0, 0.1) is 11.3 Å². The fourth-order valence-corrected chi connectivity index (χ4v) is 3.80. The normalized spacial score (nSPS) is 19.2. The van der Waals surface area contributed by atoms with Crippen LogP contribution >= 0.6 is 11.3 Å². The number of pyridine rings is 2. The van der Waals surface area contributed by atoms with Crippen LogP contribution in [0.4, 0.5) is 11.5 Å². The van der Waals surface area contributed by atoms with E-state index >= 15 is 0 Å². The third-order valence-electron chi connectivity index (χ3n) is 4.57. The highest BCUT2D eigenvalue weighted by atomic mass is 32.1. The van der Waals surface area contributed by atoms with Crippen LogP contribution in [-0.2, 0) is 0 Å². The van der Waals surface area contributed by atoms with Gasteiger partial charge in [-0.1, -0.05) is 6.07 Å². The standard InChI is InChI=1S/C19H18N6OS/c1-19(26)5-7-25(11-19)16-4-2-3-14(23-16)17-12(10-20)13(21)9-15(24-17)18-22-6-8-27-18/h2-4,6,8-9,26H,5,7,11H2,1H3,(H2,21,24). The molecule has 0 aromatic carbocycles. The van der Waals surface area contributed by atoms with Crippen LogP contribution in [-0.4, -0.2) is 38.7 Å². The van der Waals surface area contributed by atoms with Crippen LogP contribution in [0.15, 0.2) is 35.8 Å². The van der Waals surface area contributed by atoms with Gasteiger partial charge in [0.1, 0.15) is 33.8 Å².